The number of rotatable bonds is 4. The molecule has 0 aliphatic heterocycles. The molecule has 0 radical (unpaired) electrons. The van der Waals surface area contributed by atoms with Crippen molar-refractivity contribution in [1.29, 1.82) is 0 Å². The van der Waals surface area contributed by atoms with Gasteiger partial charge in [-0.15, -0.1) is 0 Å². The Balaban J connectivity index is 2.33. The lowest BCUT2D eigenvalue weighted by Gasteiger charge is -2.14. The van der Waals surface area contributed by atoms with Gasteiger partial charge in [-0.3, -0.25) is 4.98 Å². The van der Waals surface area contributed by atoms with Gasteiger partial charge in [0.15, 0.2) is 0 Å². The number of benzene rings is 1. The molecule has 0 saturated carbocycles. The van der Waals surface area contributed by atoms with Crippen LogP contribution in [-0.2, 0) is 0 Å². The predicted molar refractivity (Wildman–Crippen MR) is 71.4 cm³/mol. The third-order valence-corrected chi connectivity index (χ3v) is 2.75. The molecule has 0 bridgehead atoms. The van der Waals surface area contributed by atoms with E-state index in [2.05, 4.69) is 10.3 Å². The molecule has 19 heavy (non-hydrogen) atoms. The molecule has 6 heteroatoms. The van der Waals surface area contributed by atoms with Gasteiger partial charge < -0.3 is 16.2 Å². The summed E-state index contributed by atoms with van der Waals surface area (Å²) in [7, 11) is 0. The van der Waals surface area contributed by atoms with Crippen molar-refractivity contribution < 1.29 is 13.9 Å². The summed E-state index contributed by atoms with van der Waals surface area (Å²) in [6.45, 7) is 1.58. The zero-order chi connectivity index (χ0) is 14.0. The van der Waals surface area contributed by atoms with Crippen LogP contribution in [-0.4, -0.2) is 29.2 Å². The maximum Gasteiger partial charge on any atom is 0.265 e. The van der Waals surface area contributed by atoms with E-state index < -0.39 is 12.5 Å². The van der Waals surface area contributed by atoms with E-state index in [1.54, 1.807) is 24.3 Å². The summed E-state index contributed by atoms with van der Waals surface area (Å²) in [5.41, 5.74) is 8.39. The molecule has 0 fully saturated rings. The molecule has 2 aromatic rings. The second-order valence-corrected chi connectivity index (χ2v) is 4.37. The van der Waals surface area contributed by atoms with Crippen LogP contribution in [0.3, 0.4) is 0 Å². The molecular weight excluding hydrogens is 252 g/mol. The van der Waals surface area contributed by atoms with Crippen molar-refractivity contribution >= 4 is 22.3 Å². The lowest BCUT2D eigenvalue weighted by atomic mass is 10.1. The van der Waals surface area contributed by atoms with Crippen LogP contribution < -0.4 is 11.1 Å². The highest BCUT2D eigenvalue weighted by molar-refractivity contribution is 5.93. The largest absolute Gasteiger partial charge is 0.399 e. The summed E-state index contributed by atoms with van der Waals surface area (Å²) in [6, 6.07) is 6.96. The zero-order valence-electron chi connectivity index (χ0n) is 10.4. The Kier molecular flexibility index (Phi) is 3.80. The molecule has 0 aliphatic carbocycles. The second-order valence-electron chi connectivity index (χ2n) is 4.37. The first-order chi connectivity index (χ1) is 8.97. The Morgan fingerprint density at radius 3 is 2.79 bits per heavy atom. The Morgan fingerprint density at radius 1 is 1.37 bits per heavy atom. The van der Waals surface area contributed by atoms with E-state index >= 15 is 0 Å². The average molecular weight is 267 g/mol. The van der Waals surface area contributed by atoms with Crippen molar-refractivity contribution in [3.8, 4) is 0 Å². The van der Waals surface area contributed by atoms with E-state index in [1.807, 2.05) is 6.92 Å². The van der Waals surface area contributed by atoms with Crippen molar-refractivity contribution in [1.82, 2.24) is 4.98 Å². The number of aliphatic hydroxyl groups excluding tert-OH is 1. The maximum absolute atomic E-state index is 12.3. The van der Waals surface area contributed by atoms with Crippen LogP contribution in [0.4, 0.5) is 20.2 Å². The monoisotopic (exact) mass is 267 g/mol. The highest BCUT2D eigenvalue weighted by Crippen LogP contribution is 2.25. The van der Waals surface area contributed by atoms with E-state index in [4.69, 9.17) is 10.8 Å². The summed E-state index contributed by atoms with van der Waals surface area (Å²) in [5, 5.41) is 12.7. The lowest BCUT2D eigenvalue weighted by molar-refractivity contribution is 0.00386. The quantitative estimate of drug-likeness (QED) is 0.742. The summed E-state index contributed by atoms with van der Waals surface area (Å²) in [6.07, 6.45) is -4.48. The molecule has 4 nitrogen and oxygen atoms in total. The normalized spacial score (nSPS) is 12.9. The van der Waals surface area contributed by atoms with E-state index in [9.17, 15) is 8.78 Å². The number of halogens is 2. The van der Waals surface area contributed by atoms with Crippen molar-refractivity contribution in [2.75, 3.05) is 17.6 Å². The Hall–Kier alpha value is -1.95. The number of pyridine rings is 1. The fourth-order valence-corrected chi connectivity index (χ4v) is 1.83. The Labute approximate surface area is 109 Å². The number of anilines is 2. The molecule has 2 rings (SSSR count). The standard InChI is InChI=1S/C13H15F2N3O/c1-7-4-11(17-6-12(19)13(14)15)9-5-8(16)2-3-10(9)18-7/h2-5,12-13,19H,6,16H2,1H3,(H,17,18). The average Bonchev–Trinajstić information content (AvgIpc) is 2.36. The summed E-state index contributed by atoms with van der Waals surface area (Å²) in [5.74, 6) is 0. The summed E-state index contributed by atoms with van der Waals surface area (Å²) in [4.78, 5) is 4.33. The number of alkyl halides is 2. The van der Waals surface area contributed by atoms with Crippen LogP contribution in [0.25, 0.3) is 10.9 Å². The third-order valence-electron chi connectivity index (χ3n) is 2.75. The molecule has 1 aromatic heterocycles. The number of nitrogens with two attached hydrogens (primary N) is 1. The van der Waals surface area contributed by atoms with Gasteiger partial charge in [0.25, 0.3) is 6.43 Å². The number of aryl methyl sites for hydroxylation is 1. The molecular formula is C13H15F2N3O. The first kappa shape index (κ1) is 13.5. The predicted octanol–water partition coefficient (Wildman–Crippen LogP) is 2.16. The topological polar surface area (TPSA) is 71.2 Å². The zero-order valence-corrected chi connectivity index (χ0v) is 10.4. The van der Waals surface area contributed by atoms with Crippen molar-refractivity contribution in [2.24, 2.45) is 0 Å². The van der Waals surface area contributed by atoms with Crippen LogP contribution in [0, 0.1) is 6.92 Å². The first-order valence-corrected chi connectivity index (χ1v) is 5.84. The van der Waals surface area contributed by atoms with E-state index in [0.717, 1.165) is 16.6 Å². The number of aliphatic hydroxyl groups is 1. The number of aromatic nitrogens is 1. The van der Waals surface area contributed by atoms with Gasteiger partial charge in [0.05, 0.1) is 5.52 Å². The smallest absolute Gasteiger partial charge is 0.265 e. The molecule has 1 aromatic carbocycles. The van der Waals surface area contributed by atoms with Gasteiger partial charge in [-0.25, -0.2) is 8.78 Å². The van der Waals surface area contributed by atoms with Crippen molar-refractivity contribution in [3.63, 3.8) is 0 Å². The van der Waals surface area contributed by atoms with E-state index in [1.165, 1.54) is 0 Å². The van der Waals surface area contributed by atoms with Crippen LogP contribution in [0.2, 0.25) is 0 Å². The fraction of sp³-hybridized carbons (Fsp3) is 0.308. The highest BCUT2D eigenvalue weighted by atomic mass is 19.3. The molecule has 1 heterocycles. The van der Waals surface area contributed by atoms with Gasteiger partial charge in [0, 0.05) is 29.0 Å². The molecule has 1 unspecified atom stereocenters. The molecule has 0 aliphatic rings. The summed E-state index contributed by atoms with van der Waals surface area (Å²) >= 11 is 0. The molecule has 1 atom stereocenters. The van der Waals surface area contributed by atoms with Crippen LogP contribution in [0.15, 0.2) is 24.3 Å². The second kappa shape index (κ2) is 5.36. The van der Waals surface area contributed by atoms with Gasteiger partial charge in [-0.2, -0.15) is 0 Å². The molecule has 0 spiro atoms. The minimum atomic E-state index is -2.77. The Bertz CT molecular complexity index is 589. The van der Waals surface area contributed by atoms with Crippen molar-refractivity contribution in [2.45, 2.75) is 19.5 Å². The number of nitrogens with one attached hydrogen (secondary N) is 1. The molecule has 0 amide bonds. The number of nitrogens with zero attached hydrogens (tertiary/aromatic N) is 1. The Morgan fingerprint density at radius 2 is 2.11 bits per heavy atom. The lowest BCUT2D eigenvalue weighted by Crippen LogP contribution is -2.26. The van der Waals surface area contributed by atoms with Gasteiger partial charge >= 0.3 is 0 Å². The van der Waals surface area contributed by atoms with Gasteiger partial charge in [-0.1, -0.05) is 0 Å². The molecule has 102 valence electrons. The van der Waals surface area contributed by atoms with Gasteiger partial charge in [0.2, 0.25) is 0 Å². The first-order valence-electron chi connectivity index (χ1n) is 5.84. The van der Waals surface area contributed by atoms with Gasteiger partial charge in [0.1, 0.15) is 6.10 Å². The number of hydrogen-bond donors (Lipinski definition) is 3. The minimum absolute atomic E-state index is 0.231. The number of hydrogen-bond acceptors (Lipinski definition) is 4. The third kappa shape index (κ3) is 3.08. The maximum atomic E-state index is 12.3. The van der Waals surface area contributed by atoms with Crippen LogP contribution in [0.5, 0.6) is 0 Å². The van der Waals surface area contributed by atoms with E-state index in [0.29, 0.717) is 11.4 Å². The van der Waals surface area contributed by atoms with Crippen LogP contribution in [0.1, 0.15) is 5.69 Å². The van der Waals surface area contributed by atoms with Crippen LogP contribution >= 0.6 is 0 Å². The minimum Gasteiger partial charge on any atom is -0.399 e. The fourth-order valence-electron chi connectivity index (χ4n) is 1.83. The van der Waals surface area contributed by atoms with Gasteiger partial charge in [-0.05, 0) is 31.2 Å². The number of fused-ring (bicyclic) bond motifs is 1. The highest BCUT2D eigenvalue weighted by Gasteiger charge is 2.16. The molecule has 4 N–H and O–H groups in total. The van der Waals surface area contributed by atoms with E-state index in [-0.39, 0.29) is 6.54 Å². The summed E-state index contributed by atoms with van der Waals surface area (Å²) < 4.78 is 24.5. The molecule has 0 saturated heterocycles. The van der Waals surface area contributed by atoms with Crippen molar-refractivity contribution in [3.05, 3.63) is 30.0 Å². The SMILES string of the molecule is Cc1cc(NCC(O)C(F)F)c2cc(N)ccc2n1. The number of nitrogen functional groups attached to an aromatic ring is 1.